The minimum absolute atomic E-state index is 0.198. The number of amidine groups is 1. The molecule has 0 saturated heterocycles. The first-order valence-corrected chi connectivity index (χ1v) is 5.06. The highest BCUT2D eigenvalue weighted by Crippen LogP contribution is 2.12. The van der Waals surface area contributed by atoms with Gasteiger partial charge in [0.2, 0.25) is 0 Å². The number of nitrogens with zero attached hydrogens (tertiary/aromatic N) is 1. The Labute approximate surface area is 94.2 Å². The van der Waals surface area contributed by atoms with Crippen LogP contribution in [0.2, 0.25) is 0 Å². The normalized spacial score (nSPS) is 12.9. The first-order chi connectivity index (χ1) is 7.28. The average Bonchev–Trinajstić information content (AvgIpc) is 2.06. The van der Waals surface area contributed by atoms with Crippen LogP contribution < -0.4 is 5.73 Å². The highest BCUT2D eigenvalue weighted by Gasteiger charge is 2.10. The number of halogens is 2. The fraction of sp³-hybridized carbons (Fsp3) is 0.417. The standard InChI is InChI=1S/C12H16F2N2/c1-12(2,3)16-11(15)6-8-4-5-9(13)7-10(8)14/h4-5,7H,6H2,1-3H3,(H2,15,16). The van der Waals surface area contributed by atoms with Gasteiger partial charge in [-0.25, -0.2) is 8.78 Å². The molecule has 0 aromatic heterocycles. The fourth-order valence-corrected chi connectivity index (χ4v) is 1.33. The molecule has 1 aromatic rings. The van der Waals surface area contributed by atoms with Crippen molar-refractivity contribution >= 4 is 5.84 Å². The molecule has 0 fully saturated rings. The van der Waals surface area contributed by atoms with E-state index in [0.717, 1.165) is 6.07 Å². The Morgan fingerprint density at radius 3 is 2.44 bits per heavy atom. The van der Waals surface area contributed by atoms with Gasteiger partial charge in [-0.1, -0.05) is 6.07 Å². The van der Waals surface area contributed by atoms with Gasteiger partial charge in [0.1, 0.15) is 11.6 Å². The van der Waals surface area contributed by atoms with Crippen LogP contribution in [0.15, 0.2) is 23.2 Å². The summed E-state index contributed by atoms with van der Waals surface area (Å²) in [4.78, 5) is 4.20. The number of aliphatic imine (C=N–C) groups is 1. The van der Waals surface area contributed by atoms with Crippen LogP contribution >= 0.6 is 0 Å². The third-order valence-corrected chi connectivity index (χ3v) is 1.87. The maximum absolute atomic E-state index is 13.3. The Hall–Kier alpha value is -1.45. The first kappa shape index (κ1) is 12.6. The van der Waals surface area contributed by atoms with Crippen LogP contribution in [-0.4, -0.2) is 11.4 Å². The predicted molar refractivity (Wildman–Crippen MR) is 61.4 cm³/mol. The maximum atomic E-state index is 13.3. The Bertz CT molecular complexity index is 406. The molecule has 1 rings (SSSR count). The van der Waals surface area contributed by atoms with E-state index < -0.39 is 11.6 Å². The highest BCUT2D eigenvalue weighted by molar-refractivity contribution is 5.83. The molecule has 0 aliphatic rings. The van der Waals surface area contributed by atoms with Crippen molar-refractivity contribution in [2.75, 3.05) is 0 Å². The van der Waals surface area contributed by atoms with Gasteiger partial charge in [0, 0.05) is 12.5 Å². The topological polar surface area (TPSA) is 38.4 Å². The summed E-state index contributed by atoms with van der Waals surface area (Å²) < 4.78 is 25.9. The molecule has 0 bridgehead atoms. The largest absolute Gasteiger partial charge is 0.387 e. The minimum atomic E-state index is -0.591. The lowest BCUT2D eigenvalue weighted by molar-refractivity contribution is 0.571. The maximum Gasteiger partial charge on any atom is 0.129 e. The summed E-state index contributed by atoms with van der Waals surface area (Å²) in [6.45, 7) is 5.71. The van der Waals surface area contributed by atoms with Gasteiger partial charge in [-0.05, 0) is 32.4 Å². The molecule has 0 atom stereocenters. The second-order valence-electron chi connectivity index (χ2n) is 4.69. The van der Waals surface area contributed by atoms with Crippen LogP contribution in [0, 0.1) is 11.6 Å². The SMILES string of the molecule is CC(C)(C)N=C(N)Cc1ccc(F)cc1F. The molecule has 1 aromatic carbocycles. The van der Waals surface area contributed by atoms with E-state index in [0.29, 0.717) is 11.4 Å². The predicted octanol–water partition coefficient (Wildman–Crippen LogP) is 2.66. The van der Waals surface area contributed by atoms with Crippen LogP contribution in [0.1, 0.15) is 26.3 Å². The van der Waals surface area contributed by atoms with E-state index in [-0.39, 0.29) is 12.0 Å². The molecule has 0 aliphatic heterocycles. The van der Waals surface area contributed by atoms with E-state index in [1.807, 2.05) is 20.8 Å². The number of hydrogen-bond acceptors (Lipinski definition) is 1. The fourth-order valence-electron chi connectivity index (χ4n) is 1.33. The van der Waals surface area contributed by atoms with Crippen molar-refractivity contribution in [2.45, 2.75) is 32.7 Å². The number of benzene rings is 1. The highest BCUT2D eigenvalue weighted by atomic mass is 19.1. The van der Waals surface area contributed by atoms with Gasteiger partial charge >= 0.3 is 0 Å². The Balaban J connectivity index is 2.85. The van der Waals surface area contributed by atoms with E-state index in [1.54, 1.807) is 0 Å². The van der Waals surface area contributed by atoms with Crippen molar-refractivity contribution < 1.29 is 8.78 Å². The lowest BCUT2D eigenvalue weighted by atomic mass is 10.1. The molecule has 0 radical (unpaired) electrons. The molecule has 16 heavy (non-hydrogen) atoms. The second-order valence-corrected chi connectivity index (χ2v) is 4.69. The second kappa shape index (κ2) is 4.60. The van der Waals surface area contributed by atoms with E-state index in [1.165, 1.54) is 12.1 Å². The zero-order valence-corrected chi connectivity index (χ0v) is 9.72. The lowest BCUT2D eigenvalue weighted by Crippen LogP contribution is -2.22. The van der Waals surface area contributed by atoms with E-state index in [4.69, 9.17) is 5.73 Å². The summed E-state index contributed by atoms with van der Waals surface area (Å²) >= 11 is 0. The molecule has 0 amide bonds. The van der Waals surface area contributed by atoms with Gasteiger partial charge in [0.25, 0.3) is 0 Å². The minimum Gasteiger partial charge on any atom is -0.387 e. The van der Waals surface area contributed by atoms with Crippen molar-refractivity contribution in [2.24, 2.45) is 10.7 Å². The quantitative estimate of drug-likeness (QED) is 0.611. The van der Waals surface area contributed by atoms with Crippen molar-refractivity contribution in [3.63, 3.8) is 0 Å². The van der Waals surface area contributed by atoms with Crippen LogP contribution in [0.25, 0.3) is 0 Å². The summed E-state index contributed by atoms with van der Waals surface area (Å²) in [5, 5.41) is 0. The van der Waals surface area contributed by atoms with E-state index >= 15 is 0 Å². The molecular weight excluding hydrogens is 210 g/mol. The molecule has 2 nitrogen and oxygen atoms in total. The lowest BCUT2D eigenvalue weighted by Gasteiger charge is -2.13. The Kier molecular flexibility index (Phi) is 3.62. The summed E-state index contributed by atoms with van der Waals surface area (Å²) in [5.41, 5.74) is 5.75. The monoisotopic (exact) mass is 226 g/mol. The molecule has 0 saturated carbocycles. The van der Waals surface area contributed by atoms with Crippen LogP contribution in [-0.2, 0) is 6.42 Å². The first-order valence-electron chi connectivity index (χ1n) is 5.06. The molecule has 2 N–H and O–H groups in total. The number of nitrogens with two attached hydrogens (primary N) is 1. The van der Waals surface area contributed by atoms with Crippen molar-refractivity contribution in [1.82, 2.24) is 0 Å². The molecule has 0 unspecified atom stereocenters. The molecule has 88 valence electrons. The molecule has 0 spiro atoms. The van der Waals surface area contributed by atoms with Crippen molar-refractivity contribution in [3.8, 4) is 0 Å². The van der Waals surface area contributed by atoms with Crippen LogP contribution in [0.4, 0.5) is 8.78 Å². The van der Waals surface area contributed by atoms with Crippen LogP contribution in [0.3, 0.4) is 0 Å². The van der Waals surface area contributed by atoms with Gasteiger partial charge in [-0.15, -0.1) is 0 Å². The van der Waals surface area contributed by atoms with Crippen LogP contribution in [0.5, 0.6) is 0 Å². The number of rotatable bonds is 2. The van der Waals surface area contributed by atoms with Gasteiger partial charge in [0.15, 0.2) is 0 Å². The third-order valence-electron chi connectivity index (χ3n) is 1.87. The van der Waals surface area contributed by atoms with Gasteiger partial charge in [0.05, 0.1) is 11.4 Å². The van der Waals surface area contributed by atoms with Gasteiger partial charge in [-0.3, -0.25) is 4.99 Å². The smallest absolute Gasteiger partial charge is 0.129 e. The number of hydrogen-bond donors (Lipinski definition) is 1. The zero-order valence-electron chi connectivity index (χ0n) is 9.72. The Morgan fingerprint density at radius 1 is 1.31 bits per heavy atom. The molecular formula is C12H16F2N2. The van der Waals surface area contributed by atoms with Crippen molar-refractivity contribution in [1.29, 1.82) is 0 Å². The Morgan fingerprint density at radius 2 is 1.94 bits per heavy atom. The summed E-state index contributed by atoms with van der Waals surface area (Å²) in [5.74, 6) is -0.836. The third kappa shape index (κ3) is 3.96. The van der Waals surface area contributed by atoms with Gasteiger partial charge < -0.3 is 5.73 Å². The van der Waals surface area contributed by atoms with Gasteiger partial charge in [-0.2, -0.15) is 0 Å². The summed E-state index contributed by atoms with van der Waals surface area (Å²) in [7, 11) is 0. The van der Waals surface area contributed by atoms with Crippen molar-refractivity contribution in [3.05, 3.63) is 35.4 Å². The average molecular weight is 226 g/mol. The van der Waals surface area contributed by atoms with E-state index in [2.05, 4.69) is 4.99 Å². The molecule has 0 aliphatic carbocycles. The summed E-state index contributed by atoms with van der Waals surface area (Å²) in [6, 6.07) is 3.44. The van der Waals surface area contributed by atoms with E-state index in [9.17, 15) is 8.78 Å². The summed E-state index contributed by atoms with van der Waals surface area (Å²) in [6.07, 6.45) is 0.198. The molecule has 0 heterocycles. The zero-order chi connectivity index (χ0) is 12.3. The molecule has 4 heteroatoms.